The van der Waals surface area contributed by atoms with Gasteiger partial charge in [-0.05, 0) is 68.4 Å². The highest BCUT2D eigenvalue weighted by molar-refractivity contribution is 5.75. The summed E-state index contributed by atoms with van der Waals surface area (Å²) < 4.78 is 0. The fraction of sp³-hybridized carbons (Fsp3) is 0.625. The first-order valence-electron chi connectivity index (χ1n) is 9.73. The summed E-state index contributed by atoms with van der Waals surface area (Å²) in [7, 11) is 0. The standard InChI is InChI=1S/C24H36O/c1-16(11-12-21-17(2)10-9-13-24(21,7)8)14-19-20(15-25)18(3)22(19)23(4,5)6/h11,14-15,20H,9-10,12-13H2,1-8H3/b16-11+,19-14-. The lowest BCUT2D eigenvalue weighted by Crippen LogP contribution is -2.30. The second kappa shape index (κ2) is 7.09. The van der Waals surface area contributed by atoms with Crippen molar-refractivity contribution >= 4 is 6.29 Å². The first-order valence-corrected chi connectivity index (χ1v) is 9.73. The summed E-state index contributed by atoms with van der Waals surface area (Å²) >= 11 is 0. The lowest BCUT2D eigenvalue weighted by atomic mass is 9.64. The summed E-state index contributed by atoms with van der Waals surface area (Å²) in [4.78, 5) is 11.5. The molecule has 1 atom stereocenters. The van der Waals surface area contributed by atoms with Gasteiger partial charge in [0, 0.05) is 0 Å². The number of carbonyl (C=O) groups excluding carboxylic acids is 1. The van der Waals surface area contributed by atoms with Gasteiger partial charge in [-0.1, -0.05) is 69.1 Å². The minimum atomic E-state index is -0.00958. The molecule has 0 aromatic carbocycles. The highest BCUT2D eigenvalue weighted by atomic mass is 16.1. The third-order valence-corrected chi connectivity index (χ3v) is 6.07. The Kier molecular flexibility index (Phi) is 5.66. The molecular formula is C24H36O. The molecule has 0 fully saturated rings. The average molecular weight is 341 g/mol. The molecule has 1 nitrogen and oxygen atoms in total. The monoisotopic (exact) mass is 340 g/mol. The molecule has 1 unspecified atom stereocenters. The predicted molar refractivity (Wildman–Crippen MR) is 108 cm³/mol. The first-order chi connectivity index (χ1) is 11.5. The normalized spacial score (nSPS) is 26.2. The van der Waals surface area contributed by atoms with Gasteiger partial charge in [-0.2, -0.15) is 0 Å². The van der Waals surface area contributed by atoms with Crippen molar-refractivity contribution in [3.8, 4) is 0 Å². The molecule has 2 rings (SSSR count). The minimum absolute atomic E-state index is 0.00958. The van der Waals surface area contributed by atoms with Gasteiger partial charge in [-0.3, -0.25) is 0 Å². The largest absolute Gasteiger partial charge is 0.302 e. The summed E-state index contributed by atoms with van der Waals surface area (Å²) in [6.45, 7) is 18.0. The van der Waals surface area contributed by atoms with Gasteiger partial charge in [0.25, 0.3) is 0 Å². The molecule has 0 bridgehead atoms. The van der Waals surface area contributed by atoms with Gasteiger partial charge >= 0.3 is 0 Å². The molecule has 0 saturated carbocycles. The Hall–Kier alpha value is -1.37. The van der Waals surface area contributed by atoms with Crippen LogP contribution in [0.2, 0.25) is 0 Å². The maximum atomic E-state index is 11.5. The number of allylic oxidation sites excluding steroid dienone is 8. The molecule has 138 valence electrons. The second-order valence-electron chi connectivity index (χ2n) is 9.67. The summed E-state index contributed by atoms with van der Waals surface area (Å²) in [6, 6.07) is 0. The number of rotatable bonds is 4. The lowest BCUT2D eigenvalue weighted by molar-refractivity contribution is -0.109. The smallest absolute Gasteiger partial charge is 0.131 e. The van der Waals surface area contributed by atoms with Crippen molar-refractivity contribution in [3.05, 3.63) is 45.6 Å². The van der Waals surface area contributed by atoms with Crippen LogP contribution in [0.4, 0.5) is 0 Å². The number of aldehydes is 1. The van der Waals surface area contributed by atoms with E-state index in [1.54, 1.807) is 11.1 Å². The van der Waals surface area contributed by atoms with E-state index < -0.39 is 0 Å². The molecule has 0 aromatic heterocycles. The Labute approximate surface area is 155 Å². The van der Waals surface area contributed by atoms with Crippen molar-refractivity contribution in [1.82, 2.24) is 0 Å². The predicted octanol–water partition coefficient (Wildman–Crippen LogP) is 6.97. The molecule has 2 aliphatic carbocycles. The van der Waals surface area contributed by atoms with E-state index in [1.165, 1.54) is 41.6 Å². The number of hydrogen-bond donors (Lipinski definition) is 0. The van der Waals surface area contributed by atoms with Gasteiger partial charge in [-0.25, -0.2) is 0 Å². The Morgan fingerprint density at radius 2 is 1.88 bits per heavy atom. The van der Waals surface area contributed by atoms with Crippen molar-refractivity contribution in [3.63, 3.8) is 0 Å². The zero-order valence-electron chi connectivity index (χ0n) is 17.5. The molecule has 0 heterocycles. The molecule has 1 heteroatoms. The highest BCUT2D eigenvalue weighted by Crippen LogP contribution is 2.48. The van der Waals surface area contributed by atoms with Gasteiger partial charge in [0.15, 0.2) is 0 Å². The van der Waals surface area contributed by atoms with Gasteiger partial charge in [0.2, 0.25) is 0 Å². The van der Waals surface area contributed by atoms with Crippen LogP contribution in [0.5, 0.6) is 0 Å². The van der Waals surface area contributed by atoms with Crippen LogP contribution in [0, 0.1) is 16.7 Å². The fourth-order valence-corrected chi connectivity index (χ4v) is 4.75. The third-order valence-electron chi connectivity index (χ3n) is 6.07. The van der Waals surface area contributed by atoms with Crippen LogP contribution in [-0.4, -0.2) is 6.29 Å². The van der Waals surface area contributed by atoms with Crippen molar-refractivity contribution < 1.29 is 4.79 Å². The van der Waals surface area contributed by atoms with E-state index in [4.69, 9.17) is 0 Å². The van der Waals surface area contributed by atoms with Crippen molar-refractivity contribution in [2.24, 2.45) is 16.7 Å². The average Bonchev–Trinajstić information content (AvgIpc) is 2.44. The summed E-state index contributed by atoms with van der Waals surface area (Å²) in [5.41, 5.74) is 8.72. The van der Waals surface area contributed by atoms with Gasteiger partial charge in [0.05, 0.1) is 5.92 Å². The minimum Gasteiger partial charge on any atom is -0.302 e. The molecule has 0 aliphatic heterocycles. The Morgan fingerprint density at radius 1 is 1.24 bits per heavy atom. The maximum absolute atomic E-state index is 11.5. The summed E-state index contributed by atoms with van der Waals surface area (Å²) in [5, 5.41) is 0. The Morgan fingerprint density at radius 3 is 2.40 bits per heavy atom. The molecule has 2 aliphatic rings. The number of hydrogen-bond acceptors (Lipinski definition) is 1. The van der Waals surface area contributed by atoms with E-state index in [9.17, 15) is 4.79 Å². The third kappa shape index (κ3) is 4.07. The zero-order chi connectivity index (χ0) is 19.0. The first kappa shape index (κ1) is 19.9. The van der Waals surface area contributed by atoms with E-state index >= 15 is 0 Å². The maximum Gasteiger partial charge on any atom is 0.131 e. The van der Waals surface area contributed by atoms with Crippen LogP contribution < -0.4 is 0 Å². The second-order valence-corrected chi connectivity index (χ2v) is 9.67. The molecular weight excluding hydrogens is 304 g/mol. The van der Waals surface area contributed by atoms with Crippen molar-refractivity contribution in [2.75, 3.05) is 0 Å². The summed E-state index contributed by atoms with van der Waals surface area (Å²) in [5.74, 6) is -0.00958. The van der Waals surface area contributed by atoms with Crippen molar-refractivity contribution in [2.45, 2.75) is 81.1 Å². The van der Waals surface area contributed by atoms with E-state index in [-0.39, 0.29) is 11.3 Å². The van der Waals surface area contributed by atoms with Crippen molar-refractivity contribution in [1.29, 1.82) is 0 Å². The highest BCUT2D eigenvalue weighted by Gasteiger charge is 2.37. The van der Waals surface area contributed by atoms with E-state index in [0.29, 0.717) is 5.41 Å². The van der Waals surface area contributed by atoms with E-state index in [0.717, 1.165) is 12.7 Å². The van der Waals surface area contributed by atoms with Gasteiger partial charge in [-0.15, -0.1) is 0 Å². The summed E-state index contributed by atoms with van der Waals surface area (Å²) in [6.07, 6.45) is 10.6. The van der Waals surface area contributed by atoms with Gasteiger partial charge < -0.3 is 4.79 Å². The molecule has 0 aromatic rings. The van der Waals surface area contributed by atoms with Crippen LogP contribution in [0.25, 0.3) is 0 Å². The van der Waals surface area contributed by atoms with Crippen LogP contribution in [-0.2, 0) is 4.79 Å². The van der Waals surface area contributed by atoms with E-state index in [1.807, 2.05) is 0 Å². The van der Waals surface area contributed by atoms with Crippen LogP contribution in [0.1, 0.15) is 81.1 Å². The van der Waals surface area contributed by atoms with Crippen LogP contribution >= 0.6 is 0 Å². The topological polar surface area (TPSA) is 17.1 Å². The molecule has 0 N–H and O–H groups in total. The van der Waals surface area contributed by atoms with Gasteiger partial charge in [0.1, 0.15) is 6.29 Å². The van der Waals surface area contributed by atoms with Crippen LogP contribution in [0.3, 0.4) is 0 Å². The molecule has 0 radical (unpaired) electrons. The van der Waals surface area contributed by atoms with Crippen LogP contribution in [0.15, 0.2) is 45.6 Å². The quantitative estimate of drug-likeness (QED) is 0.399. The number of carbonyl (C=O) groups is 1. The fourth-order valence-electron chi connectivity index (χ4n) is 4.75. The van der Waals surface area contributed by atoms with E-state index in [2.05, 4.69) is 67.5 Å². The Balaban J connectivity index is 2.26. The zero-order valence-corrected chi connectivity index (χ0v) is 17.5. The molecule has 0 amide bonds. The SMILES string of the molecule is CC1=C(C/C=C(C)/C=C2\C(C(C)(C)C)=C(C)C2C=O)C(C)(C)CCC1. The lowest BCUT2D eigenvalue weighted by Gasteiger charge is -2.40. The molecule has 25 heavy (non-hydrogen) atoms. The molecule has 0 spiro atoms. The molecule has 0 saturated heterocycles. The Bertz CT molecular complexity index is 671.